The van der Waals surface area contributed by atoms with Crippen molar-refractivity contribution in [3.05, 3.63) is 212 Å². The van der Waals surface area contributed by atoms with E-state index in [9.17, 15) is 0 Å². The van der Waals surface area contributed by atoms with Crippen molar-refractivity contribution in [3.8, 4) is 68.2 Å². The Labute approximate surface area is 356 Å². The summed E-state index contributed by atoms with van der Waals surface area (Å²) in [5, 5.41) is 4.35. The van der Waals surface area contributed by atoms with E-state index >= 15 is 0 Å². The summed E-state index contributed by atoms with van der Waals surface area (Å²) in [5.74, 6) is 2.49. The third-order valence-electron chi connectivity index (χ3n) is 11.6. The molecule has 0 radical (unpaired) electrons. The van der Waals surface area contributed by atoms with E-state index in [0.717, 1.165) is 88.5 Å². The van der Waals surface area contributed by atoms with Crippen molar-refractivity contribution in [1.82, 2.24) is 34.1 Å². The third-order valence-corrected chi connectivity index (χ3v) is 11.6. The van der Waals surface area contributed by atoms with Gasteiger partial charge in [-0.3, -0.25) is 9.13 Å². The molecule has 4 heterocycles. The first-order valence-corrected chi connectivity index (χ1v) is 20.7. The van der Waals surface area contributed by atoms with E-state index in [4.69, 9.17) is 24.9 Å². The highest BCUT2D eigenvalue weighted by atomic mass is 15.2. The lowest BCUT2D eigenvalue weighted by molar-refractivity contribution is 0.953. The molecule has 12 aromatic rings. The first-order chi connectivity index (χ1) is 30.7. The molecule has 0 saturated carbocycles. The predicted molar refractivity (Wildman–Crippen MR) is 251 cm³/mol. The van der Waals surface area contributed by atoms with Crippen LogP contribution in [0.15, 0.2) is 212 Å². The molecule has 0 aliphatic heterocycles. The summed E-state index contributed by atoms with van der Waals surface area (Å²) in [7, 11) is 0. The fraction of sp³-hybridized carbons (Fsp3) is 0. The number of hydrogen-bond donors (Lipinski definition) is 0. The van der Waals surface area contributed by atoms with Gasteiger partial charge >= 0.3 is 0 Å². The van der Waals surface area contributed by atoms with Crippen LogP contribution in [0.25, 0.3) is 112 Å². The van der Waals surface area contributed by atoms with Crippen LogP contribution in [-0.2, 0) is 0 Å². The maximum Gasteiger partial charge on any atom is 0.238 e. The van der Waals surface area contributed by atoms with Crippen LogP contribution in [0.1, 0.15) is 0 Å². The van der Waals surface area contributed by atoms with Gasteiger partial charge in [0.15, 0.2) is 17.5 Å². The molecule has 0 saturated heterocycles. The summed E-state index contributed by atoms with van der Waals surface area (Å²) < 4.78 is 4.45. The van der Waals surface area contributed by atoms with Crippen molar-refractivity contribution in [1.29, 1.82) is 0 Å². The fourth-order valence-corrected chi connectivity index (χ4v) is 8.73. The van der Waals surface area contributed by atoms with E-state index in [2.05, 4.69) is 137 Å². The Morgan fingerprint density at radius 2 is 0.774 bits per heavy atom. The molecule has 0 bridgehead atoms. The van der Waals surface area contributed by atoms with Crippen LogP contribution < -0.4 is 0 Å². The topological polar surface area (TPSA) is 74.3 Å². The van der Waals surface area contributed by atoms with Crippen molar-refractivity contribution < 1.29 is 0 Å². The van der Waals surface area contributed by atoms with Gasteiger partial charge in [-0.2, -0.15) is 9.97 Å². The zero-order valence-corrected chi connectivity index (χ0v) is 33.3. The van der Waals surface area contributed by atoms with Gasteiger partial charge in [0, 0.05) is 44.1 Å². The van der Waals surface area contributed by atoms with E-state index in [1.165, 1.54) is 0 Å². The van der Waals surface area contributed by atoms with Gasteiger partial charge in [0.25, 0.3) is 0 Å². The number of hydrogen-bond acceptors (Lipinski definition) is 5. The molecule has 0 amide bonds. The van der Waals surface area contributed by atoms with Gasteiger partial charge in [-0.25, -0.2) is 15.0 Å². The quantitative estimate of drug-likeness (QED) is 0.161. The Balaban J connectivity index is 1.04. The van der Waals surface area contributed by atoms with Crippen LogP contribution in [-0.4, -0.2) is 34.1 Å². The van der Waals surface area contributed by atoms with E-state index in [0.29, 0.717) is 23.4 Å². The lowest BCUT2D eigenvalue weighted by atomic mass is 10.0. The Morgan fingerprint density at radius 3 is 1.40 bits per heavy atom. The highest BCUT2D eigenvalue weighted by Gasteiger charge is 2.22. The zero-order chi connectivity index (χ0) is 41.0. The first-order valence-electron chi connectivity index (χ1n) is 20.7. The molecule has 62 heavy (non-hydrogen) atoms. The second kappa shape index (κ2) is 14.6. The molecule has 7 nitrogen and oxygen atoms in total. The molecule has 0 N–H and O–H groups in total. The Hall–Kier alpha value is -8.55. The molecule has 4 aromatic heterocycles. The molecular formula is C55H35N7. The zero-order valence-electron chi connectivity index (χ0n) is 33.3. The van der Waals surface area contributed by atoms with Crippen LogP contribution in [0, 0.1) is 0 Å². The molecule has 290 valence electrons. The van der Waals surface area contributed by atoms with Crippen LogP contribution in [0.5, 0.6) is 0 Å². The molecule has 0 aliphatic carbocycles. The minimum Gasteiger partial charge on any atom is -0.294 e. The summed E-state index contributed by atoms with van der Waals surface area (Å²) in [5.41, 5.74) is 11.9. The maximum absolute atomic E-state index is 5.34. The summed E-state index contributed by atoms with van der Waals surface area (Å²) >= 11 is 0. The highest BCUT2D eigenvalue weighted by molar-refractivity contribution is 6.14. The number of benzene rings is 8. The number of nitrogens with zero attached hydrogens (tertiary/aromatic N) is 7. The van der Waals surface area contributed by atoms with Gasteiger partial charge in [-0.15, -0.1) is 0 Å². The van der Waals surface area contributed by atoms with E-state index in [1.807, 2.05) is 84.9 Å². The second-order valence-electron chi connectivity index (χ2n) is 15.3. The molecule has 0 aliphatic rings. The Bertz CT molecular complexity index is 3560. The third kappa shape index (κ3) is 5.94. The molecule has 0 unspecified atom stereocenters. The molecular weight excluding hydrogens is 759 g/mol. The lowest BCUT2D eigenvalue weighted by Gasteiger charge is -2.12. The normalized spacial score (nSPS) is 11.5. The fourth-order valence-electron chi connectivity index (χ4n) is 8.73. The summed E-state index contributed by atoms with van der Waals surface area (Å²) in [6.45, 7) is 0. The molecule has 0 fully saturated rings. The monoisotopic (exact) mass is 793 g/mol. The predicted octanol–water partition coefficient (Wildman–Crippen LogP) is 13.2. The summed E-state index contributed by atoms with van der Waals surface area (Å²) in [6, 6.07) is 73.3. The Kier molecular flexibility index (Phi) is 8.35. The summed E-state index contributed by atoms with van der Waals surface area (Å²) in [4.78, 5) is 25.8. The molecule has 12 rings (SSSR count). The van der Waals surface area contributed by atoms with Crippen molar-refractivity contribution in [2.75, 3.05) is 0 Å². The molecule has 0 spiro atoms. The van der Waals surface area contributed by atoms with Crippen LogP contribution in [0.2, 0.25) is 0 Å². The Morgan fingerprint density at radius 1 is 0.290 bits per heavy atom. The first kappa shape index (κ1) is 35.4. The van der Waals surface area contributed by atoms with Gasteiger partial charge in [-0.05, 0) is 47.5 Å². The van der Waals surface area contributed by atoms with E-state index in [-0.39, 0.29) is 0 Å². The maximum atomic E-state index is 5.34. The van der Waals surface area contributed by atoms with E-state index < -0.39 is 0 Å². The van der Waals surface area contributed by atoms with Crippen LogP contribution >= 0.6 is 0 Å². The van der Waals surface area contributed by atoms with Crippen molar-refractivity contribution >= 4 is 43.7 Å². The number of fused-ring (bicyclic) bond motifs is 6. The van der Waals surface area contributed by atoms with Crippen molar-refractivity contribution in [3.63, 3.8) is 0 Å². The largest absolute Gasteiger partial charge is 0.294 e. The minimum absolute atomic E-state index is 0.566. The van der Waals surface area contributed by atoms with Gasteiger partial charge < -0.3 is 0 Å². The van der Waals surface area contributed by atoms with Crippen molar-refractivity contribution in [2.24, 2.45) is 0 Å². The lowest BCUT2D eigenvalue weighted by Crippen LogP contribution is -2.06. The second-order valence-corrected chi connectivity index (χ2v) is 15.3. The average Bonchev–Trinajstić information content (AvgIpc) is 3.87. The molecule has 0 atom stereocenters. The van der Waals surface area contributed by atoms with Crippen LogP contribution in [0.3, 0.4) is 0 Å². The van der Waals surface area contributed by atoms with Crippen molar-refractivity contribution in [2.45, 2.75) is 0 Å². The van der Waals surface area contributed by atoms with Gasteiger partial charge in [0.05, 0.1) is 27.6 Å². The molecule has 7 heteroatoms. The van der Waals surface area contributed by atoms with Crippen LogP contribution in [0.4, 0.5) is 0 Å². The van der Waals surface area contributed by atoms with Gasteiger partial charge in [0.2, 0.25) is 5.95 Å². The minimum atomic E-state index is 0.566. The SMILES string of the molecule is c1ccc(-c2nc(-c3ccccc3)nc(-n3c4ccccc4c4cc(-c5cccc(-n6c7ccccc7c7c(-c8ccccc8)nc(-c8ccccc8)nc76)c5)ccc43)n2)cc1. The standard InChI is InChI=1S/C55H35N7/c1-5-18-36(19-6-1)50-49-44-29-14-16-31-47(44)61(54(49)58-51(56-50)37-20-7-2-8-21-37)42-27-17-26-40(34-42)41-32-33-48-45(35-41)43-28-13-15-30-46(43)62(48)55-59-52(38-22-9-3-10-23-38)57-53(60-55)39-24-11-4-12-25-39/h1-35H. The van der Waals surface area contributed by atoms with Gasteiger partial charge in [-0.1, -0.05) is 176 Å². The highest BCUT2D eigenvalue weighted by Crippen LogP contribution is 2.40. The number of para-hydroxylation sites is 2. The average molecular weight is 794 g/mol. The number of rotatable bonds is 7. The van der Waals surface area contributed by atoms with Gasteiger partial charge in [0.1, 0.15) is 5.65 Å². The van der Waals surface area contributed by atoms with E-state index in [1.54, 1.807) is 0 Å². The summed E-state index contributed by atoms with van der Waals surface area (Å²) in [6.07, 6.45) is 0. The molecule has 8 aromatic carbocycles. The smallest absolute Gasteiger partial charge is 0.238 e. The number of aromatic nitrogens is 7.